The fourth-order valence-electron chi connectivity index (χ4n) is 1.90. The van der Waals surface area contributed by atoms with Crippen molar-refractivity contribution < 1.29 is 4.74 Å². The summed E-state index contributed by atoms with van der Waals surface area (Å²) < 4.78 is 5.20. The van der Waals surface area contributed by atoms with Crippen molar-refractivity contribution >= 4 is 17.4 Å². The largest absolute Gasteiger partial charge is 0.383 e. The lowest BCUT2D eigenvalue weighted by atomic mass is 10.2. The minimum absolute atomic E-state index is 0.393. The number of aromatic nitrogens is 2. The first-order valence-electron chi connectivity index (χ1n) is 6.83. The maximum atomic E-state index is 6.21. The molecule has 1 unspecified atom stereocenters. The molecule has 1 heterocycles. The molecule has 0 aliphatic rings. The number of methoxy groups -OCH3 is 1. The van der Waals surface area contributed by atoms with Crippen molar-refractivity contribution in [3.8, 4) is 0 Å². The molecule has 0 saturated carbocycles. The van der Waals surface area contributed by atoms with Crippen molar-refractivity contribution in [3.05, 3.63) is 16.5 Å². The van der Waals surface area contributed by atoms with Crippen molar-refractivity contribution in [2.75, 3.05) is 25.2 Å². The topological polar surface area (TPSA) is 38.2 Å². The first-order valence-corrected chi connectivity index (χ1v) is 7.21. The molecule has 0 N–H and O–H groups in total. The molecule has 0 amide bonds. The molecule has 1 atom stereocenters. The fourth-order valence-corrected chi connectivity index (χ4v) is 2.09. The van der Waals surface area contributed by atoms with Crippen molar-refractivity contribution in [1.82, 2.24) is 9.97 Å². The van der Waals surface area contributed by atoms with E-state index in [1.807, 2.05) is 13.8 Å². The van der Waals surface area contributed by atoms with Gasteiger partial charge in [0.1, 0.15) is 16.8 Å². The average molecular weight is 286 g/mol. The van der Waals surface area contributed by atoms with E-state index in [0.717, 1.165) is 36.6 Å². The van der Waals surface area contributed by atoms with Crippen LogP contribution in [-0.2, 0) is 11.2 Å². The van der Waals surface area contributed by atoms with Crippen molar-refractivity contribution in [2.24, 2.45) is 0 Å². The molecule has 0 saturated heterocycles. The van der Waals surface area contributed by atoms with Gasteiger partial charge in [0.15, 0.2) is 0 Å². The summed E-state index contributed by atoms with van der Waals surface area (Å²) in [6.07, 6.45) is 1.83. The second kappa shape index (κ2) is 7.65. The van der Waals surface area contributed by atoms with Gasteiger partial charge in [0, 0.05) is 31.7 Å². The molecule has 5 heteroatoms. The number of nitrogens with zero attached hydrogens (tertiary/aromatic N) is 3. The van der Waals surface area contributed by atoms with Crippen LogP contribution in [0.15, 0.2) is 0 Å². The van der Waals surface area contributed by atoms with E-state index in [-0.39, 0.29) is 0 Å². The van der Waals surface area contributed by atoms with Crippen molar-refractivity contribution in [1.29, 1.82) is 0 Å². The molecule has 1 rings (SSSR count). The molecular formula is C14H24ClN3O. The van der Waals surface area contributed by atoms with Crippen molar-refractivity contribution in [3.63, 3.8) is 0 Å². The van der Waals surface area contributed by atoms with Crippen LogP contribution in [0.25, 0.3) is 0 Å². The molecule has 0 spiro atoms. The number of rotatable bonds is 7. The van der Waals surface area contributed by atoms with E-state index in [2.05, 4.69) is 28.7 Å². The zero-order valence-corrected chi connectivity index (χ0v) is 13.3. The molecule has 1 aromatic rings. The van der Waals surface area contributed by atoms with E-state index >= 15 is 0 Å². The number of hydrogen-bond donors (Lipinski definition) is 0. The third-order valence-corrected chi connectivity index (χ3v) is 3.72. The second-order valence-electron chi connectivity index (χ2n) is 4.68. The smallest absolute Gasteiger partial charge is 0.137 e. The zero-order chi connectivity index (χ0) is 14.4. The van der Waals surface area contributed by atoms with Gasteiger partial charge in [-0.15, -0.1) is 0 Å². The molecule has 0 fully saturated rings. The molecule has 0 aliphatic heterocycles. The molecule has 4 nitrogen and oxygen atoms in total. The number of anilines is 1. The van der Waals surface area contributed by atoms with Crippen LogP contribution in [0.2, 0.25) is 5.15 Å². The Morgan fingerprint density at radius 2 is 2.00 bits per heavy atom. The Morgan fingerprint density at radius 1 is 1.32 bits per heavy atom. The molecule has 108 valence electrons. The molecule has 0 radical (unpaired) electrons. The van der Waals surface area contributed by atoms with E-state index in [0.29, 0.717) is 17.8 Å². The van der Waals surface area contributed by atoms with Gasteiger partial charge in [-0.05, 0) is 20.3 Å². The monoisotopic (exact) mass is 285 g/mol. The lowest BCUT2D eigenvalue weighted by Gasteiger charge is -2.31. The van der Waals surface area contributed by atoms with Gasteiger partial charge >= 0.3 is 0 Å². The lowest BCUT2D eigenvalue weighted by molar-refractivity contribution is 0.203. The van der Waals surface area contributed by atoms with Crippen LogP contribution >= 0.6 is 11.6 Å². The highest BCUT2D eigenvalue weighted by atomic mass is 35.5. The van der Waals surface area contributed by atoms with Crippen LogP contribution in [0, 0.1) is 6.92 Å². The third kappa shape index (κ3) is 4.05. The highest BCUT2D eigenvalue weighted by Gasteiger charge is 2.19. The summed E-state index contributed by atoms with van der Waals surface area (Å²) in [6, 6.07) is 0.393. The number of aryl methyl sites for hydroxylation is 1. The van der Waals surface area contributed by atoms with Crippen LogP contribution in [0.1, 0.15) is 38.6 Å². The summed E-state index contributed by atoms with van der Waals surface area (Å²) >= 11 is 6.21. The summed E-state index contributed by atoms with van der Waals surface area (Å²) in [5.74, 6) is 1.72. The Labute approximate surface area is 121 Å². The van der Waals surface area contributed by atoms with Gasteiger partial charge in [-0.3, -0.25) is 0 Å². The standard InChI is InChI=1S/C14H24ClN3O/c1-6-10(3)18(8-9-19-5)14-11(4)13(15)16-12(7-2)17-14/h10H,6-9H2,1-5H3. The maximum Gasteiger partial charge on any atom is 0.137 e. The van der Waals surface area contributed by atoms with Crippen LogP contribution < -0.4 is 4.90 Å². The maximum absolute atomic E-state index is 6.21. The zero-order valence-electron chi connectivity index (χ0n) is 12.5. The van der Waals surface area contributed by atoms with Crippen LogP contribution in [-0.4, -0.2) is 36.3 Å². The quantitative estimate of drug-likeness (QED) is 0.721. The summed E-state index contributed by atoms with van der Waals surface area (Å²) in [5, 5.41) is 0.549. The van der Waals surface area contributed by atoms with E-state index < -0.39 is 0 Å². The molecule has 1 aromatic heterocycles. The number of hydrogen-bond acceptors (Lipinski definition) is 4. The van der Waals surface area contributed by atoms with Gasteiger partial charge in [0.25, 0.3) is 0 Å². The van der Waals surface area contributed by atoms with Crippen LogP contribution in [0.4, 0.5) is 5.82 Å². The lowest BCUT2D eigenvalue weighted by Crippen LogP contribution is -2.37. The molecular weight excluding hydrogens is 262 g/mol. The highest BCUT2D eigenvalue weighted by molar-refractivity contribution is 6.30. The van der Waals surface area contributed by atoms with E-state index in [4.69, 9.17) is 16.3 Å². The summed E-state index contributed by atoms with van der Waals surface area (Å²) in [7, 11) is 1.71. The molecule has 0 aliphatic carbocycles. The summed E-state index contributed by atoms with van der Waals surface area (Å²) in [4.78, 5) is 11.2. The normalized spacial score (nSPS) is 12.5. The van der Waals surface area contributed by atoms with E-state index in [1.165, 1.54) is 0 Å². The predicted molar refractivity (Wildman–Crippen MR) is 80.1 cm³/mol. The molecule has 0 aromatic carbocycles. The molecule has 0 bridgehead atoms. The average Bonchev–Trinajstić information content (AvgIpc) is 2.42. The minimum Gasteiger partial charge on any atom is -0.383 e. The Balaban J connectivity index is 3.16. The Bertz CT molecular complexity index is 412. The minimum atomic E-state index is 0.393. The summed E-state index contributed by atoms with van der Waals surface area (Å²) in [6.45, 7) is 9.85. The van der Waals surface area contributed by atoms with Crippen molar-refractivity contribution in [2.45, 2.75) is 46.6 Å². The third-order valence-electron chi connectivity index (χ3n) is 3.35. The van der Waals surface area contributed by atoms with Gasteiger partial charge in [-0.2, -0.15) is 0 Å². The SMILES string of the molecule is CCc1nc(Cl)c(C)c(N(CCOC)C(C)CC)n1. The van der Waals surface area contributed by atoms with Crippen LogP contribution in [0.3, 0.4) is 0 Å². The van der Waals surface area contributed by atoms with E-state index in [9.17, 15) is 0 Å². The second-order valence-corrected chi connectivity index (χ2v) is 5.03. The Morgan fingerprint density at radius 3 is 2.53 bits per heavy atom. The highest BCUT2D eigenvalue weighted by Crippen LogP contribution is 2.25. The van der Waals surface area contributed by atoms with Crippen LogP contribution in [0.5, 0.6) is 0 Å². The predicted octanol–water partition coefficient (Wildman–Crippen LogP) is 3.25. The first kappa shape index (κ1) is 16.2. The van der Waals surface area contributed by atoms with Gasteiger partial charge in [0.2, 0.25) is 0 Å². The van der Waals surface area contributed by atoms with Gasteiger partial charge in [-0.1, -0.05) is 25.4 Å². The van der Waals surface area contributed by atoms with E-state index in [1.54, 1.807) is 7.11 Å². The number of halogens is 1. The fraction of sp³-hybridized carbons (Fsp3) is 0.714. The number of ether oxygens (including phenoxy) is 1. The Hall–Kier alpha value is -0.870. The van der Waals surface area contributed by atoms with Gasteiger partial charge in [0.05, 0.1) is 6.61 Å². The molecule has 19 heavy (non-hydrogen) atoms. The summed E-state index contributed by atoms with van der Waals surface area (Å²) in [5.41, 5.74) is 0.940. The van der Waals surface area contributed by atoms with Gasteiger partial charge in [-0.25, -0.2) is 9.97 Å². The Kier molecular flexibility index (Phi) is 6.52. The first-order chi connectivity index (χ1) is 9.04. The van der Waals surface area contributed by atoms with Gasteiger partial charge < -0.3 is 9.64 Å².